The van der Waals surface area contributed by atoms with Gasteiger partial charge in [-0.25, -0.2) is 0 Å². The average molecular weight is 398 g/mol. The van der Waals surface area contributed by atoms with Crippen molar-refractivity contribution >= 4 is 17.5 Å². The van der Waals surface area contributed by atoms with E-state index in [-0.39, 0.29) is 5.78 Å². The minimum atomic E-state index is 0.136. The molecule has 0 unspecified atom stereocenters. The van der Waals surface area contributed by atoms with Crippen molar-refractivity contribution in [1.29, 1.82) is 0 Å². The van der Waals surface area contributed by atoms with Crippen molar-refractivity contribution in [3.8, 4) is 11.4 Å². The van der Waals surface area contributed by atoms with Crippen LogP contribution >= 0.6 is 11.8 Å². The van der Waals surface area contributed by atoms with Gasteiger partial charge in [-0.2, -0.15) is 0 Å². The minimum Gasteiger partial charge on any atom is -0.348 e. The maximum atomic E-state index is 12.9. The van der Waals surface area contributed by atoms with Gasteiger partial charge in [0.2, 0.25) is 0 Å². The minimum absolute atomic E-state index is 0.136. The van der Waals surface area contributed by atoms with Gasteiger partial charge in [-0.3, -0.25) is 9.78 Å². The summed E-state index contributed by atoms with van der Waals surface area (Å²) in [5.74, 6) is 1.31. The second-order valence-corrected chi connectivity index (χ2v) is 7.78. The molecule has 0 atom stereocenters. The standard InChI is InChI=1S/C21H27N5OS/c1-5-11-25-15(3)13-18(16(25)4)19(27)14-28-21-24-23-20(26(21)12-6-2)17-7-9-22-10-8-17/h7-10,13H,5-6,11-12,14H2,1-4H3. The SMILES string of the molecule is CCCn1c(SCC(=O)c2cc(C)n(CCC)c2C)nnc1-c1ccncc1. The number of thioether (sulfide) groups is 1. The van der Waals surface area contributed by atoms with Crippen LogP contribution in [0, 0.1) is 13.8 Å². The van der Waals surface area contributed by atoms with Crippen LogP contribution in [0.15, 0.2) is 35.7 Å². The molecule has 0 aliphatic rings. The van der Waals surface area contributed by atoms with Gasteiger partial charge in [0.25, 0.3) is 0 Å². The number of nitrogens with zero attached hydrogens (tertiary/aromatic N) is 5. The zero-order chi connectivity index (χ0) is 20.1. The molecule has 0 saturated heterocycles. The number of aromatic nitrogens is 5. The summed E-state index contributed by atoms with van der Waals surface area (Å²) >= 11 is 1.46. The summed E-state index contributed by atoms with van der Waals surface area (Å²) in [6, 6.07) is 5.86. The number of hydrogen-bond acceptors (Lipinski definition) is 5. The van der Waals surface area contributed by atoms with Crippen LogP contribution in [0.2, 0.25) is 0 Å². The molecule has 0 bridgehead atoms. The Balaban J connectivity index is 1.79. The second-order valence-electron chi connectivity index (χ2n) is 6.84. The molecule has 0 radical (unpaired) electrons. The molecule has 3 aromatic rings. The summed E-state index contributed by atoms with van der Waals surface area (Å²) in [7, 11) is 0. The molecule has 0 saturated carbocycles. The van der Waals surface area contributed by atoms with Crippen LogP contribution in [0.3, 0.4) is 0 Å². The fourth-order valence-electron chi connectivity index (χ4n) is 3.39. The number of Topliss-reactive ketones (excluding diaryl/α,β-unsaturated/α-hetero) is 1. The average Bonchev–Trinajstić information content (AvgIpc) is 3.23. The Labute approximate surface area is 170 Å². The first kappa shape index (κ1) is 20.3. The van der Waals surface area contributed by atoms with Crippen LogP contribution in [0.25, 0.3) is 11.4 Å². The maximum absolute atomic E-state index is 12.9. The van der Waals surface area contributed by atoms with Crippen molar-refractivity contribution in [2.45, 2.75) is 58.8 Å². The predicted octanol–water partition coefficient (Wildman–Crippen LogP) is 4.55. The molecule has 0 aliphatic carbocycles. The van der Waals surface area contributed by atoms with Crippen LogP contribution in [0.5, 0.6) is 0 Å². The number of ketones is 1. The number of carbonyl (C=O) groups excluding carboxylic acids is 1. The first-order valence-electron chi connectivity index (χ1n) is 9.73. The highest BCUT2D eigenvalue weighted by Crippen LogP contribution is 2.25. The zero-order valence-corrected chi connectivity index (χ0v) is 17.8. The van der Waals surface area contributed by atoms with Gasteiger partial charge in [-0.1, -0.05) is 25.6 Å². The first-order valence-corrected chi connectivity index (χ1v) is 10.7. The second kappa shape index (κ2) is 9.19. The Morgan fingerprint density at radius 3 is 2.39 bits per heavy atom. The molecule has 0 fully saturated rings. The third-order valence-electron chi connectivity index (χ3n) is 4.76. The molecule has 0 amide bonds. The molecule has 3 heterocycles. The largest absolute Gasteiger partial charge is 0.348 e. The highest BCUT2D eigenvalue weighted by molar-refractivity contribution is 7.99. The highest BCUT2D eigenvalue weighted by Gasteiger charge is 2.19. The van der Waals surface area contributed by atoms with Crippen LogP contribution in [0.4, 0.5) is 0 Å². The van der Waals surface area contributed by atoms with Crippen LogP contribution < -0.4 is 0 Å². The van der Waals surface area contributed by atoms with Crippen LogP contribution in [-0.2, 0) is 13.1 Å². The number of pyridine rings is 1. The van der Waals surface area contributed by atoms with Crippen LogP contribution in [0.1, 0.15) is 48.4 Å². The molecular weight excluding hydrogens is 370 g/mol. The monoisotopic (exact) mass is 397 g/mol. The fourth-order valence-corrected chi connectivity index (χ4v) is 4.24. The Morgan fingerprint density at radius 2 is 1.71 bits per heavy atom. The van der Waals surface area contributed by atoms with Gasteiger partial charge in [0.1, 0.15) is 0 Å². The Morgan fingerprint density at radius 1 is 1.04 bits per heavy atom. The van der Waals surface area contributed by atoms with Crippen molar-refractivity contribution in [3.05, 3.63) is 47.5 Å². The third-order valence-corrected chi connectivity index (χ3v) is 5.72. The van der Waals surface area contributed by atoms with E-state index in [4.69, 9.17) is 0 Å². The molecule has 0 spiro atoms. The van der Waals surface area contributed by atoms with E-state index in [2.05, 4.69) is 45.1 Å². The van der Waals surface area contributed by atoms with E-state index in [9.17, 15) is 4.79 Å². The molecule has 0 aliphatic heterocycles. The van der Waals surface area contributed by atoms with Crippen molar-refractivity contribution in [2.75, 3.05) is 5.75 Å². The van der Waals surface area contributed by atoms with E-state index in [1.807, 2.05) is 25.1 Å². The van der Waals surface area contributed by atoms with E-state index in [0.717, 1.165) is 59.4 Å². The Kier molecular flexibility index (Phi) is 6.67. The number of carbonyl (C=O) groups is 1. The van der Waals surface area contributed by atoms with E-state index in [0.29, 0.717) is 5.75 Å². The van der Waals surface area contributed by atoms with Gasteiger partial charge in [0, 0.05) is 48.0 Å². The summed E-state index contributed by atoms with van der Waals surface area (Å²) in [5.41, 5.74) is 3.99. The summed E-state index contributed by atoms with van der Waals surface area (Å²) < 4.78 is 4.31. The molecule has 7 heteroatoms. The Bertz CT molecular complexity index is 945. The summed E-state index contributed by atoms with van der Waals surface area (Å²) in [4.78, 5) is 16.9. The van der Waals surface area contributed by atoms with Crippen molar-refractivity contribution in [3.63, 3.8) is 0 Å². The molecule has 0 N–H and O–H groups in total. The van der Waals surface area contributed by atoms with Crippen molar-refractivity contribution < 1.29 is 4.79 Å². The summed E-state index contributed by atoms with van der Waals surface area (Å²) in [6.45, 7) is 10.1. The van der Waals surface area contributed by atoms with E-state index in [1.165, 1.54) is 11.8 Å². The summed E-state index contributed by atoms with van der Waals surface area (Å²) in [5, 5.41) is 9.50. The van der Waals surface area contributed by atoms with Gasteiger partial charge < -0.3 is 9.13 Å². The van der Waals surface area contributed by atoms with E-state index < -0.39 is 0 Å². The number of rotatable bonds is 9. The lowest BCUT2D eigenvalue weighted by molar-refractivity contribution is 0.102. The van der Waals surface area contributed by atoms with Crippen LogP contribution in [-0.4, -0.2) is 35.9 Å². The summed E-state index contributed by atoms with van der Waals surface area (Å²) in [6.07, 6.45) is 5.53. The number of hydrogen-bond donors (Lipinski definition) is 0. The normalized spacial score (nSPS) is 11.1. The smallest absolute Gasteiger partial charge is 0.191 e. The Hall–Kier alpha value is -2.41. The van der Waals surface area contributed by atoms with Gasteiger partial charge in [-0.15, -0.1) is 10.2 Å². The molecule has 0 aromatic carbocycles. The van der Waals surface area contributed by atoms with Gasteiger partial charge in [0.15, 0.2) is 16.8 Å². The molecule has 6 nitrogen and oxygen atoms in total. The highest BCUT2D eigenvalue weighted by atomic mass is 32.2. The van der Waals surface area contributed by atoms with Gasteiger partial charge >= 0.3 is 0 Å². The quantitative estimate of drug-likeness (QED) is 0.391. The first-order chi connectivity index (χ1) is 13.6. The molecule has 148 valence electrons. The lowest BCUT2D eigenvalue weighted by Crippen LogP contribution is -2.08. The predicted molar refractivity (Wildman–Crippen MR) is 113 cm³/mol. The van der Waals surface area contributed by atoms with Gasteiger partial charge in [0.05, 0.1) is 5.75 Å². The number of aryl methyl sites for hydroxylation is 1. The topological polar surface area (TPSA) is 65.6 Å². The van der Waals surface area contributed by atoms with E-state index in [1.54, 1.807) is 12.4 Å². The lowest BCUT2D eigenvalue weighted by Gasteiger charge is -2.09. The molecular formula is C21H27N5OS. The van der Waals surface area contributed by atoms with Crippen molar-refractivity contribution in [1.82, 2.24) is 24.3 Å². The maximum Gasteiger partial charge on any atom is 0.191 e. The molecule has 3 rings (SSSR count). The molecule has 28 heavy (non-hydrogen) atoms. The van der Waals surface area contributed by atoms with Crippen molar-refractivity contribution in [2.24, 2.45) is 0 Å². The molecule has 3 aromatic heterocycles. The lowest BCUT2D eigenvalue weighted by atomic mass is 10.2. The third kappa shape index (κ3) is 4.19. The van der Waals surface area contributed by atoms with Gasteiger partial charge in [-0.05, 0) is 44.9 Å². The fraction of sp³-hybridized carbons (Fsp3) is 0.429. The van der Waals surface area contributed by atoms with E-state index >= 15 is 0 Å². The zero-order valence-electron chi connectivity index (χ0n) is 17.0.